The Balaban J connectivity index is 1.47. The van der Waals surface area contributed by atoms with E-state index < -0.39 is 0 Å². The maximum atomic E-state index is 12.8. The lowest BCUT2D eigenvalue weighted by atomic mass is 10.2. The van der Waals surface area contributed by atoms with Crippen molar-refractivity contribution in [2.75, 3.05) is 5.32 Å². The Kier molecular flexibility index (Phi) is 3.83. The first-order valence-corrected chi connectivity index (χ1v) is 8.87. The molecular weight excluding hydrogens is 352 g/mol. The zero-order valence-corrected chi connectivity index (χ0v) is 14.9. The molecule has 0 unspecified atom stereocenters. The Bertz CT molecular complexity index is 1290. The van der Waals surface area contributed by atoms with E-state index in [2.05, 4.69) is 20.4 Å². The second kappa shape index (κ2) is 6.62. The fraction of sp³-hybridized carbons (Fsp3) is 0.0476. The molecule has 5 rings (SSSR count). The number of aromatic nitrogens is 5. The van der Waals surface area contributed by atoms with Gasteiger partial charge in [0.15, 0.2) is 0 Å². The summed E-state index contributed by atoms with van der Waals surface area (Å²) in [6.07, 6.45) is 6.93. The average molecular weight is 368 g/mol. The molecule has 0 atom stereocenters. The van der Waals surface area contributed by atoms with Gasteiger partial charge in [0.2, 0.25) is 0 Å². The Labute approximate surface area is 160 Å². The summed E-state index contributed by atoms with van der Waals surface area (Å²) in [4.78, 5) is 21.4. The minimum Gasteiger partial charge on any atom is -0.320 e. The number of hydrogen-bond donors (Lipinski definition) is 1. The summed E-state index contributed by atoms with van der Waals surface area (Å²) in [5.74, 6) is -0.219. The van der Waals surface area contributed by atoms with Crippen LogP contribution in [0.3, 0.4) is 0 Å². The van der Waals surface area contributed by atoms with Gasteiger partial charge in [0.05, 0.1) is 35.8 Å². The van der Waals surface area contributed by atoms with E-state index in [-0.39, 0.29) is 5.91 Å². The molecule has 28 heavy (non-hydrogen) atoms. The maximum Gasteiger partial charge on any atom is 0.274 e. The minimum atomic E-state index is -0.219. The van der Waals surface area contributed by atoms with Gasteiger partial charge >= 0.3 is 0 Å². The van der Waals surface area contributed by atoms with E-state index in [0.29, 0.717) is 17.9 Å². The first-order valence-electron chi connectivity index (χ1n) is 8.87. The molecule has 1 N–H and O–H groups in total. The van der Waals surface area contributed by atoms with E-state index in [1.165, 1.54) is 0 Å². The number of amides is 1. The van der Waals surface area contributed by atoms with Crippen LogP contribution in [0.15, 0.2) is 79.4 Å². The maximum absolute atomic E-state index is 12.8. The summed E-state index contributed by atoms with van der Waals surface area (Å²) in [5, 5.41) is 8.34. The number of fused-ring (bicyclic) bond motifs is 2. The SMILES string of the molecule is O=C(Nc1cccc2c1cnn2Cc1ccccn1)c1cnc2ccccn12. The lowest BCUT2D eigenvalue weighted by Gasteiger charge is -2.07. The fourth-order valence-corrected chi connectivity index (χ4v) is 3.27. The molecule has 0 fully saturated rings. The van der Waals surface area contributed by atoms with E-state index >= 15 is 0 Å². The van der Waals surface area contributed by atoms with Gasteiger partial charge < -0.3 is 5.32 Å². The van der Waals surface area contributed by atoms with E-state index in [1.54, 1.807) is 23.0 Å². The highest BCUT2D eigenvalue weighted by molar-refractivity contribution is 6.08. The van der Waals surface area contributed by atoms with Gasteiger partial charge in [-0.1, -0.05) is 18.2 Å². The number of nitrogens with one attached hydrogen (secondary N) is 1. The normalized spacial score (nSPS) is 11.1. The molecule has 5 aromatic rings. The van der Waals surface area contributed by atoms with Crippen LogP contribution in [0.1, 0.15) is 16.2 Å². The zero-order chi connectivity index (χ0) is 18.9. The highest BCUT2D eigenvalue weighted by atomic mass is 16.1. The number of carbonyl (C=O) groups is 1. The van der Waals surface area contributed by atoms with Crippen molar-refractivity contribution in [2.24, 2.45) is 0 Å². The van der Waals surface area contributed by atoms with E-state index in [4.69, 9.17) is 0 Å². The Morgan fingerprint density at radius 3 is 2.79 bits per heavy atom. The molecule has 0 bridgehead atoms. The van der Waals surface area contributed by atoms with Gasteiger partial charge in [0.1, 0.15) is 11.3 Å². The van der Waals surface area contributed by atoms with Crippen molar-refractivity contribution in [1.29, 1.82) is 0 Å². The van der Waals surface area contributed by atoms with Crippen LogP contribution in [0.25, 0.3) is 16.6 Å². The van der Waals surface area contributed by atoms with Gasteiger partial charge in [0.25, 0.3) is 5.91 Å². The first-order chi connectivity index (χ1) is 13.8. The molecule has 0 spiro atoms. The first kappa shape index (κ1) is 16.2. The van der Waals surface area contributed by atoms with Crippen LogP contribution in [-0.2, 0) is 6.54 Å². The van der Waals surface area contributed by atoms with Gasteiger partial charge in [-0.2, -0.15) is 5.10 Å². The molecule has 0 aliphatic rings. The summed E-state index contributed by atoms with van der Waals surface area (Å²) < 4.78 is 3.64. The largest absolute Gasteiger partial charge is 0.320 e. The molecule has 0 radical (unpaired) electrons. The molecule has 0 aliphatic heterocycles. The predicted octanol–water partition coefficient (Wildman–Crippen LogP) is 3.38. The second-order valence-electron chi connectivity index (χ2n) is 6.39. The molecule has 4 aromatic heterocycles. The lowest BCUT2D eigenvalue weighted by molar-refractivity contribution is 0.102. The monoisotopic (exact) mass is 368 g/mol. The van der Waals surface area contributed by atoms with Gasteiger partial charge in [-0.25, -0.2) is 4.98 Å². The number of nitrogens with zero attached hydrogens (tertiary/aromatic N) is 5. The van der Waals surface area contributed by atoms with Crippen LogP contribution < -0.4 is 5.32 Å². The van der Waals surface area contributed by atoms with Gasteiger partial charge in [-0.15, -0.1) is 0 Å². The number of carbonyl (C=O) groups excluding carboxylic acids is 1. The molecule has 0 saturated carbocycles. The topological polar surface area (TPSA) is 77.1 Å². The second-order valence-corrected chi connectivity index (χ2v) is 6.39. The highest BCUT2D eigenvalue weighted by Crippen LogP contribution is 2.24. The van der Waals surface area contributed by atoms with Crippen molar-refractivity contribution in [3.05, 3.63) is 90.8 Å². The number of imidazole rings is 1. The molecule has 7 nitrogen and oxygen atoms in total. The van der Waals surface area contributed by atoms with Gasteiger partial charge in [0, 0.05) is 17.8 Å². The van der Waals surface area contributed by atoms with E-state index in [9.17, 15) is 4.79 Å². The quantitative estimate of drug-likeness (QED) is 0.528. The predicted molar refractivity (Wildman–Crippen MR) is 106 cm³/mol. The van der Waals surface area contributed by atoms with Crippen molar-refractivity contribution in [2.45, 2.75) is 6.54 Å². The Hall–Kier alpha value is -4.00. The molecule has 1 aromatic carbocycles. The standard InChI is InChI=1S/C21H16N6O/c28-21(19-13-23-20-9-2-4-11-26(19)20)25-17-7-5-8-18-16(17)12-24-27(18)14-15-6-1-3-10-22-15/h1-13H,14H2,(H,25,28). The van der Waals surface area contributed by atoms with Gasteiger partial charge in [-0.05, 0) is 36.4 Å². The molecular formula is C21H16N6O. The van der Waals surface area contributed by atoms with Crippen molar-refractivity contribution < 1.29 is 4.79 Å². The van der Waals surface area contributed by atoms with E-state index in [0.717, 1.165) is 22.2 Å². The van der Waals surface area contributed by atoms with Crippen molar-refractivity contribution in [1.82, 2.24) is 24.1 Å². The van der Waals surface area contributed by atoms with Crippen molar-refractivity contribution in [3.8, 4) is 0 Å². The zero-order valence-electron chi connectivity index (χ0n) is 14.9. The number of rotatable bonds is 4. The fourth-order valence-electron chi connectivity index (χ4n) is 3.27. The van der Waals surface area contributed by atoms with Crippen molar-refractivity contribution in [3.63, 3.8) is 0 Å². The molecule has 7 heteroatoms. The summed E-state index contributed by atoms with van der Waals surface area (Å²) in [7, 11) is 0. The molecule has 0 saturated heterocycles. The van der Waals surface area contributed by atoms with Crippen LogP contribution in [0.2, 0.25) is 0 Å². The summed E-state index contributed by atoms with van der Waals surface area (Å²) in [6, 6.07) is 17.2. The molecule has 136 valence electrons. The van der Waals surface area contributed by atoms with Crippen molar-refractivity contribution >= 4 is 28.1 Å². The third-order valence-corrected chi connectivity index (χ3v) is 4.62. The minimum absolute atomic E-state index is 0.219. The Morgan fingerprint density at radius 1 is 0.964 bits per heavy atom. The number of hydrogen-bond acceptors (Lipinski definition) is 4. The lowest BCUT2D eigenvalue weighted by Crippen LogP contribution is -2.14. The highest BCUT2D eigenvalue weighted by Gasteiger charge is 2.14. The van der Waals surface area contributed by atoms with Crippen LogP contribution in [0.5, 0.6) is 0 Å². The van der Waals surface area contributed by atoms with E-state index in [1.807, 2.05) is 65.5 Å². The molecule has 1 amide bonds. The number of anilines is 1. The van der Waals surface area contributed by atoms with Crippen LogP contribution in [-0.4, -0.2) is 30.1 Å². The third-order valence-electron chi connectivity index (χ3n) is 4.62. The number of benzene rings is 1. The summed E-state index contributed by atoms with van der Waals surface area (Å²) in [6.45, 7) is 0.564. The smallest absolute Gasteiger partial charge is 0.274 e. The van der Waals surface area contributed by atoms with Crippen LogP contribution in [0, 0.1) is 0 Å². The summed E-state index contributed by atoms with van der Waals surface area (Å²) in [5.41, 5.74) is 3.78. The van der Waals surface area contributed by atoms with Crippen LogP contribution in [0.4, 0.5) is 5.69 Å². The Morgan fingerprint density at radius 2 is 1.89 bits per heavy atom. The van der Waals surface area contributed by atoms with Gasteiger partial charge in [-0.3, -0.25) is 18.9 Å². The third kappa shape index (κ3) is 2.79. The average Bonchev–Trinajstić information content (AvgIpc) is 3.34. The molecule has 0 aliphatic carbocycles. The summed E-state index contributed by atoms with van der Waals surface area (Å²) >= 11 is 0. The molecule has 4 heterocycles. The number of pyridine rings is 2. The van der Waals surface area contributed by atoms with Crippen LogP contribution >= 0.6 is 0 Å².